The van der Waals surface area contributed by atoms with Crippen LogP contribution in [-0.4, -0.2) is 30.3 Å². The van der Waals surface area contributed by atoms with Gasteiger partial charge >= 0.3 is 0 Å². The van der Waals surface area contributed by atoms with Gasteiger partial charge in [0, 0.05) is 23.8 Å². The first-order chi connectivity index (χ1) is 12.5. The smallest absolute Gasteiger partial charge is 0.238 e. The summed E-state index contributed by atoms with van der Waals surface area (Å²) in [5.74, 6) is 0.149. The molecule has 1 aliphatic rings. The molecule has 0 heterocycles. The predicted octanol–water partition coefficient (Wildman–Crippen LogP) is 3.41. The van der Waals surface area contributed by atoms with E-state index in [-0.39, 0.29) is 17.7 Å². The summed E-state index contributed by atoms with van der Waals surface area (Å²) in [5.41, 5.74) is 3.54. The van der Waals surface area contributed by atoms with Crippen molar-refractivity contribution in [1.29, 1.82) is 0 Å². The molecule has 0 atom stereocenters. The molecule has 136 valence electrons. The Kier molecular flexibility index (Phi) is 5.68. The van der Waals surface area contributed by atoms with Crippen LogP contribution >= 0.6 is 0 Å². The monoisotopic (exact) mass is 351 g/mol. The largest absolute Gasteiger partial charge is 0.326 e. The fourth-order valence-electron chi connectivity index (χ4n) is 2.87. The zero-order valence-corrected chi connectivity index (χ0v) is 15.3. The molecule has 0 saturated heterocycles. The maximum Gasteiger partial charge on any atom is 0.238 e. The molecule has 26 heavy (non-hydrogen) atoms. The highest BCUT2D eigenvalue weighted by Gasteiger charge is 2.29. The molecule has 0 bridgehead atoms. The minimum atomic E-state index is -0.0720. The number of carbonyl (C=O) groups excluding carboxylic acids is 2. The molecule has 2 aromatic carbocycles. The summed E-state index contributed by atoms with van der Waals surface area (Å²) >= 11 is 0. The van der Waals surface area contributed by atoms with E-state index in [2.05, 4.69) is 10.6 Å². The highest BCUT2D eigenvalue weighted by atomic mass is 16.2. The van der Waals surface area contributed by atoms with E-state index in [4.69, 9.17) is 0 Å². The fourth-order valence-corrected chi connectivity index (χ4v) is 2.87. The molecule has 5 nitrogen and oxygen atoms in total. The van der Waals surface area contributed by atoms with Gasteiger partial charge in [0.25, 0.3) is 0 Å². The van der Waals surface area contributed by atoms with Crippen molar-refractivity contribution >= 4 is 23.2 Å². The molecule has 2 aromatic rings. The van der Waals surface area contributed by atoms with Crippen LogP contribution in [0.3, 0.4) is 0 Å². The molecule has 0 spiro atoms. The zero-order valence-electron chi connectivity index (χ0n) is 15.3. The Hall–Kier alpha value is -2.66. The summed E-state index contributed by atoms with van der Waals surface area (Å²) in [6, 6.07) is 15.6. The number of nitrogens with zero attached hydrogens (tertiary/aromatic N) is 1. The summed E-state index contributed by atoms with van der Waals surface area (Å²) < 4.78 is 0. The van der Waals surface area contributed by atoms with Crippen molar-refractivity contribution < 1.29 is 9.59 Å². The molecule has 1 saturated carbocycles. The van der Waals surface area contributed by atoms with Crippen LogP contribution in [-0.2, 0) is 16.1 Å². The maximum absolute atomic E-state index is 12.4. The van der Waals surface area contributed by atoms with E-state index < -0.39 is 0 Å². The van der Waals surface area contributed by atoms with Crippen LogP contribution in [0.2, 0.25) is 0 Å². The van der Waals surface area contributed by atoms with Crippen LogP contribution in [0.15, 0.2) is 48.5 Å². The third-order valence-electron chi connectivity index (χ3n) is 4.52. The molecule has 3 rings (SSSR count). The van der Waals surface area contributed by atoms with E-state index in [1.807, 2.05) is 67.4 Å². The normalized spacial score (nSPS) is 13.5. The van der Waals surface area contributed by atoms with Crippen LogP contribution < -0.4 is 10.6 Å². The SMILES string of the molecule is Cc1c(NC(=O)CN(C)Cc2ccccc2)cccc1NC(=O)C1CC1. The van der Waals surface area contributed by atoms with E-state index in [0.717, 1.165) is 29.8 Å². The molecule has 1 fully saturated rings. The number of anilines is 2. The van der Waals surface area contributed by atoms with Crippen molar-refractivity contribution in [3.8, 4) is 0 Å². The topological polar surface area (TPSA) is 61.4 Å². The first kappa shape index (κ1) is 18.1. The summed E-state index contributed by atoms with van der Waals surface area (Å²) in [7, 11) is 1.92. The lowest BCUT2D eigenvalue weighted by atomic mass is 10.1. The van der Waals surface area contributed by atoms with Gasteiger partial charge < -0.3 is 10.6 Å². The van der Waals surface area contributed by atoms with Gasteiger partial charge in [0.15, 0.2) is 0 Å². The molecule has 0 aliphatic heterocycles. The van der Waals surface area contributed by atoms with Gasteiger partial charge in [-0.2, -0.15) is 0 Å². The van der Waals surface area contributed by atoms with Gasteiger partial charge in [-0.1, -0.05) is 36.4 Å². The minimum Gasteiger partial charge on any atom is -0.326 e. The van der Waals surface area contributed by atoms with Gasteiger partial charge in [-0.3, -0.25) is 14.5 Å². The standard InChI is InChI=1S/C21H25N3O2/c1-15-18(9-6-10-19(15)23-21(26)17-11-12-17)22-20(25)14-24(2)13-16-7-4-3-5-8-16/h3-10,17H,11-14H2,1-2H3,(H,22,25)(H,23,26). The van der Waals surface area contributed by atoms with Gasteiger partial charge in [0.2, 0.25) is 11.8 Å². The maximum atomic E-state index is 12.4. The lowest BCUT2D eigenvalue weighted by molar-refractivity contribution is -0.118. The molecule has 0 aromatic heterocycles. The van der Waals surface area contributed by atoms with Crippen LogP contribution in [0.25, 0.3) is 0 Å². The van der Waals surface area contributed by atoms with Crippen molar-refractivity contribution in [1.82, 2.24) is 4.90 Å². The lowest BCUT2D eigenvalue weighted by Gasteiger charge is -2.18. The van der Waals surface area contributed by atoms with E-state index in [0.29, 0.717) is 13.1 Å². The number of benzene rings is 2. The number of rotatable bonds is 7. The average Bonchev–Trinajstić information content (AvgIpc) is 3.44. The number of hydrogen-bond donors (Lipinski definition) is 2. The van der Waals surface area contributed by atoms with Crippen LogP contribution in [0.4, 0.5) is 11.4 Å². The molecule has 0 radical (unpaired) electrons. The highest BCUT2D eigenvalue weighted by molar-refractivity contribution is 5.97. The van der Waals surface area contributed by atoms with E-state index in [1.165, 1.54) is 5.56 Å². The number of hydrogen-bond acceptors (Lipinski definition) is 3. The van der Waals surface area contributed by atoms with Crippen molar-refractivity contribution in [2.75, 3.05) is 24.2 Å². The molecule has 0 unspecified atom stereocenters. The Balaban J connectivity index is 1.57. The third-order valence-corrected chi connectivity index (χ3v) is 4.52. The van der Waals surface area contributed by atoms with Crippen molar-refractivity contribution in [3.63, 3.8) is 0 Å². The first-order valence-corrected chi connectivity index (χ1v) is 8.95. The van der Waals surface area contributed by atoms with Crippen LogP contribution in [0, 0.1) is 12.8 Å². The fraction of sp³-hybridized carbons (Fsp3) is 0.333. The number of carbonyl (C=O) groups is 2. The second-order valence-corrected chi connectivity index (χ2v) is 6.95. The molecule has 2 N–H and O–H groups in total. The first-order valence-electron chi connectivity index (χ1n) is 8.95. The number of amides is 2. The van der Waals surface area contributed by atoms with Crippen molar-refractivity contribution in [2.45, 2.75) is 26.3 Å². The van der Waals surface area contributed by atoms with Crippen LogP contribution in [0.5, 0.6) is 0 Å². The third kappa shape index (κ3) is 4.92. The van der Waals surface area contributed by atoms with E-state index in [9.17, 15) is 9.59 Å². The summed E-state index contributed by atoms with van der Waals surface area (Å²) in [5, 5.41) is 5.91. The van der Waals surface area contributed by atoms with Crippen molar-refractivity contribution in [2.24, 2.45) is 5.92 Å². The van der Waals surface area contributed by atoms with Gasteiger partial charge in [0.05, 0.1) is 6.54 Å². The lowest BCUT2D eigenvalue weighted by Crippen LogP contribution is -2.30. The summed E-state index contributed by atoms with van der Waals surface area (Å²) in [6.45, 7) is 2.92. The Morgan fingerprint density at radius 3 is 2.31 bits per heavy atom. The van der Waals surface area contributed by atoms with E-state index in [1.54, 1.807) is 0 Å². The van der Waals surface area contributed by atoms with Gasteiger partial charge in [-0.25, -0.2) is 0 Å². The van der Waals surface area contributed by atoms with Gasteiger partial charge in [-0.05, 0) is 50.1 Å². The molecular weight excluding hydrogens is 326 g/mol. The molecular formula is C21H25N3O2. The minimum absolute atomic E-state index is 0.0687. The Bertz CT molecular complexity index is 785. The quantitative estimate of drug-likeness (QED) is 0.803. The molecule has 2 amide bonds. The second kappa shape index (κ2) is 8.15. The second-order valence-electron chi connectivity index (χ2n) is 6.95. The number of likely N-dealkylation sites (N-methyl/N-ethyl adjacent to an activating group) is 1. The Morgan fingerprint density at radius 1 is 1.00 bits per heavy atom. The highest BCUT2D eigenvalue weighted by Crippen LogP contribution is 2.31. The van der Waals surface area contributed by atoms with Gasteiger partial charge in [0.1, 0.15) is 0 Å². The summed E-state index contributed by atoms with van der Waals surface area (Å²) in [6.07, 6.45) is 1.93. The predicted molar refractivity (Wildman–Crippen MR) is 104 cm³/mol. The van der Waals surface area contributed by atoms with Crippen molar-refractivity contribution in [3.05, 3.63) is 59.7 Å². The number of nitrogens with one attached hydrogen (secondary N) is 2. The van der Waals surface area contributed by atoms with Gasteiger partial charge in [-0.15, -0.1) is 0 Å². The molecule has 5 heteroatoms. The molecule has 1 aliphatic carbocycles. The Morgan fingerprint density at radius 2 is 1.65 bits per heavy atom. The summed E-state index contributed by atoms with van der Waals surface area (Å²) in [4.78, 5) is 26.3. The van der Waals surface area contributed by atoms with E-state index >= 15 is 0 Å². The Labute approximate surface area is 154 Å². The average molecular weight is 351 g/mol. The zero-order chi connectivity index (χ0) is 18.5. The van der Waals surface area contributed by atoms with Crippen LogP contribution in [0.1, 0.15) is 24.0 Å².